The number of nitrogens with zero attached hydrogens (tertiary/aromatic N) is 2. The molecule has 0 spiro atoms. The van der Waals surface area contributed by atoms with Gasteiger partial charge in [0.15, 0.2) is 6.61 Å². The van der Waals surface area contributed by atoms with Crippen molar-refractivity contribution in [2.24, 2.45) is 11.7 Å². The zero-order chi connectivity index (χ0) is 16.8. The molecule has 1 atom stereocenters. The Hall–Kier alpha value is -2.19. The van der Waals surface area contributed by atoms with Crippen molar-refractivity contribution in [3.05, 3.63) is 41.8 Å². The summed E-state index contributed by atoms with van der Waals surface area (Å²) in [5.74, 6) is 0.502. The maximum Gasteiger partial charge on any atom is 0.246 e. The van der Waals surface area contributed by atoms with Gasteiger partial charge in [0.2, 0.25) is 17.6 Å². The predicted molar refractivity (Wildman–Crippen MR) is 86.9 cm³/mol. The van der Waals surface area contributed by atoms with Gasteiger partial charge < -0.3 is 20.3 Å². The zero-order valence-corrected chi connectivity index (χ0v) is 14.2. The van der Waals surface area contributed by atoms with Crippen molar-refractivity contribution >= 4 is 18.3 Å². The molecular weight excluding hydrogens is 339 g/mol. The number of nitrogens with two attached hydrogens (primary N) is 1. The van der Waals surface area contributed by atoms with E-state index in [9.17, 15) is 9.18 Å². The SMILES string of the molecule is CC(C)[C@H](N)C(=O)NCc1nc(COc2ccc(F)cc2)no1.Cl. The molecule has 0 saturated carbocycles. The molecule has 3 N–H and O–H groups in total. The maximum absolute atomic E-state index is 12.8. The summed E-state index contributed by atoms with van der Waals surface area (Å²) in [7, 11) is 0. The fourth-order valence-corrected chi connectivity index (χ4v) is 1.68. The van der Waals surface area contributed by atoms with Crippen LogP contribution in [0.4, 0.5) is 4.39 Å². The second kappa shape index (κ2) is 9.19. The van der Waals surface area contributed by atoms with Gasteiger partial charge in [0.1, 0.15) is 11.6 Å². The fourth-order valence-electron chi connectivity index (χ4n) is 1.68. The van der Waals surface area contributed by atoms with E-state index in [1.807, 2.05) is 13.8 Å². The first kappa shape index (κ1) is 19.9. The largest absolute Gasteiger partial charge is 0.485 e. The van der Waals surface area contributed by atoms with E-state index in [1.54, 1.807) is 0 Å². The van der Waals surface area contributed by atoms with Crippen LogP contribution in [0.25, 0.3) is 0 Å². The van der Waals surface area contributed by atoms with E-state index in [-0.39, 0.29) is 49.1 Å². The molecule has 0 unspecified atom stereocenters. The molecule has 2 aromatic rings. The van der Waals surface area contributed by atoms with Gasteiger partial charge >= 0.3 is 0 Å². The molecule has 0 radical (unpaired) electrons. The van der Waals surface area contributed by atoms with Gasteiger partial charge in [-0.3, -0.25) is 4.79 Å². The highest BCUT2D eigenvalue weighted by molar-refractivity contribution is 5.85. The molecule has 0 bridgehead atoms. The first-order valence-corrected chi connectivity index (χ1v) is 7.19. The molecule has 0 fully saturated rings. The number of hydrogen-bond acceptors (Lipinski definition) is 6. The summed E-state index contributed by atoms with van der Waals surface area (Å²) in [6, 6.07) is 5.02. The van der Waals surface area contributed by atoms with E-state index in [0.717, 1.165) is 0 Å². The quantitative estimate of drug-likeness (QED) is 0.782. The first-order valence-electron chi connectivity index (χ1n) is 7.19. The second-order valence-corrected chi connectivity index (χ2v) is 5.33. The number of aromatic nitrogens is 2. The van der Waals surface area contributed by atoms with Crippen LogP contribution in [0, 0.1) is 11.7 Å². The Labute approximate surface area is 145 Å². The summed E-state index contributed by atoms with van der Waals surface area (Å²) in [5.41, 5.74) is 5.73. The van der Waals surface area contributed by atoms with Crippen molar-refractivity contribution in [3.8, 4) is 5.75 Å². The number of ether oxygens (including phenoxy) is 1. The number of amides is 1. The van der Waals surface area contributed by atoms with Crippen LogP contribution in [0.1, 0.15) is 25.6 Å². The number of benzene rings is 1. The minimum Gasteiger partial charge on any atom is -0.485 e. The number of carbonyl (C=O) groups excluding carboxylic acids is 1. The smallest absolute Gasteiger partial charge is 0.246 e. The average molecular weight is 359 g/mol. The summed E-state index contributed by atoms with van der Waals surface area (Å²) in [6.45, 7) is 3.90. The van der Waals surface area contributed by atoms with Crippen molar-refractivity contribution < 1.29 is 18.4 Å². The zero-order valence-electron chi connectivity index (χ0n) is 13.4. The van der Waals surface area contributed by atoms with Crippen LogP contribution in [0.2, 0.25) is 0 Å². The first-order chi connectivity index (χ1) is 11.0. The Balaban J connectivity index is 0.00000288. The third kappa shape index (κ3) is 5.78. The maximum atomic E-state index is 12.8. The van der Waals surface area contributed by atoms with Gasteiger partial charge in [0.25, 0.3) is 0 Å². The number of halogens is 2. The Bertz CT molecular complexity index is 648. The van der Waals surface area contributed by atoms with Crippen molar-refractivity contribution in [2.75, 3.05) is 0 Å². The van der Waals surface area contributed by atoms with Crippen LogP contribution in [-0.4, -0.2) is 22.1 Å². The standard InChI is InChI=1S/C15H19FN4O3.ClH/c1-9(2)14(17)15(21)18-7-13-19-12(20-23-13)8-22-11-5-3-10(16)4-6-11;/h3-6,9,14H,7-8,17H2,1-2H3,(H,18,21);1H/t14-;/m0./s1. The number of nitrogens with one attached hydrogen (secondary N) is 1. The van der Waals surface area contributed by atoms with Gasteiger partial charge in [-0.15, -0.1) is 12.4 Å². The average Bonchev–Trinajstić information content (AvgIpc) is 2.99. The normalized spacial score (nSPS) is 11.7. The van der Waals surface area contributed by atoms with Crippen molar-refractivity contribution in [1.82, 2.24) is 15.5 Å². The highest BCUT2D eigenvalue weighted by Crippen LogP contribution is 2.12. The summed E-state index contributed by atoms with van der Waals surface area (Å²) in [6.07, 6.45) is 0. The van der Waals surface area contributed by atoms with Crippen LogP contribution in [-0.2, 0) is 17.9 Å². The summed E-state index contributed by atoms with van der Waals surface area (Å²) < 4.78 is 23.2. The van der Waals surface area contributed by atoms with Gasteiger partial charge in [-0.05, 0) is 30.2 Å². The molecule has 2 rings (SSSR count). The molecule has 0 aliphatic rings. The lowest BCUT2D eigenvalue weighted by atomic mass is 10.1. The van der Waals surface area contributed by atoms with E-state index in [1.165, 1.54) is 24.3 Å². The van der Waals surface area contributed by atoms with E-state index in [2.05, 4.69) is 15.5 Å². The second-order valence-electron chi connectivity index (χ2n) is 5.33. The minimum atomic E-state index is -0.584. The summed E-state index contributed by atoms with van der Waals surface area (Å²) in [4.78, 5) is 15.8. The lowest BCUT2D eigenvalue weighted by Crippen LogP contribution is -2.43. The third-order valence-electron chi connectivity index (χ3n) is 3.13. The van der Waals surface area contributed by atoms with Crippen molar-refractivity contribution in [3.63, 3.8) is 0 Å². The molecule has 24 heavy (non-hydrogen) atoms. The molecule has 132 valence electrons. The molecule has 9 heteroatoms. The van der Waals surface area contributed by atoms with E-state index < -0.39 is 6.04 Å². The molecular formula is C15H20ClFN4O3. The van der Waals surface area contributed by atoms with E-state index >= 15 is 0 Å². The number of hydrogen-bond donors (Lipinski definition) is 2. The topological polar surface area (TPSA) is 103 Å². The third-order valence-corrected chi connectivity index (χ3v) is 3.13. The highest BCUT2D eigenvalue weighted by Gasteiger charge is 2.17. The van der Waals surface area contributed by atoms with Crippen molar-refractivity contribution in [1.29, 1.82) is 0 Å². The molecule has 7 nitrogen and oxygen atoms in total. The van der Waals surface area contributed by atoms with Crippen LogP contribution in [0.5, 0.6) is 5.75 Å². The molecule has 1 aromatic carbocycles. The highest BCUT2D eigenvalue weighted by atomic mass is 35.5. The van der Waals surface area contributed by atoms with Gasteiger partial charge in [-0.1, -0.05) is 19.0 Å². The van der Waals surface area contributed by atoms with Crippen LogP contribution in [0.3, 0.4) is 0 Å². The van der Waals surface area contributed by atoms with E-state index in [4.69, 9.17) is 15.0 Å². The van der Waals surface area contributed by atoms with Crippen molar-refractivity contribution in [2.45, 2.75) is 33.0 Å². The monoisotopic (exact) mass is 358 g/mol. The predicted octanol–water partition coefficient (Wildman–Crippen LogP) is 1.81. The van der Waals surface area contributed by atoms with Gasteiger partial charge in [0.05, 0.1) is 12.6 Å². The molecule has 0 aliphatic heterocycles. The number of carbonyl (C=O) groups is 1. The molecule has 0 aliphatic carbocycles. The van der Waals surface area contributed by atoms with E-state index in [0.29, 0.717) is 11.6 Å². The summed E-state index contributed by atoms with van der Waals surface area (Å²) >= 11 is 0. The fraction of sp³-hybridized carbons (Fsp3) is 0.400. The van der Waals surface area contributed by atoms with Gasteiger partial charge in [-0.2, -0.15) is 4.98 Å². The van der Waals surface area contributed by atoms with Gasteiger partial charge in [0, 0.05) is 0 Å². The lowest BCUT2D eigenvalue weighted by molar-refractivity contribution is -0.123. The minimum absolute atomic E-state index is 0. The molecule has 1 heterocycles. The van der Waals surface area contributed by atoms with Gasteiger partial charge in [-0.25, -0.2) is 4.39 Å². The Morgan fingerprint density at radius 2 is 2.04 bits per heavy atom. The van der Waals surface area contributed by atoms with Crippen LogP contribution >= 0.6 is 12.4 Å². The Morgan fingerprint density at radius 3 is 2.67 bits per heavy atom. The Kier molecular flexibility index (Phi) is 7.60. The lowest BCUT2D eigenvalue weighted by Gasteiger charge is -2.14. The summed E-state index contributed by atoms with van der Waals surface area (Å²) in [5, 5.41) is 6.37. The molecule has 0 saturated heterocycles. The Morgan fingerprint density at radius 1 is 1.38 bits per heavy atom. The molecule has 1 amide bonds. The van der Waals surface area contributed by atoms with Crippen LogP contribution < -0.4 is 15.8 Å². The van der Waals surface area contributed by atoms with Crippen LogP contribution in [0.15, 0.2) is 28.8 Å². The molecule has 1 aromatic heterocycles. The number of rotatable bonds is 7.